The molecule has 1 saturated carbocycles. The van der Waals surface area contributed by atoms with Gasteiger partial charge >= 0.3 is 0 Å². The molecule has 0 aliphatic heterocycles. The van der Waals surface area contributed by atoms with Gasteiger partial charge in [0.05, 0.1) is 10.0 Å². The summed E-state index contributed by atoms with van der Waals surface area (Å²) >= 11 is 2.18. The van der Waals surface area contributed by atoms with Gasteiger partial charge in [-0.3, -0.25) is 10.1 Å². The fourth-order valence-corrected chi connectivity index (χ4v) is 2.59. The second kappa shape index (κ2) is 5.09. The van der Waals surface area contributed by atoms with Crippen LogP contribution in [0.2, 0.25) is 0 Å². The van der Waals surface area contributed by atoms with Crippen molar-refractivity contribution in [2.45, 2.75) is 42.3 Å². The van der Waals surface area contributed by atoms with Gasteiger partial charge in [0.1, 0.15) is 0 Å². The van der Waals surface area contributed by atoms with Crippen LogP contribution in [0, 0.1) is 10.1 Å². The Morgan fingerprint density at radius 3 is 2.85 bits per heavy atom. The van der Waals surface area contributed by atoms with Crippen LogP contribution in [0.4, 0.5) is 0 Å². The molecule has 3 atom stereocenters. The fraction of sp³-hybridized carbons (Fsp3) is 1.00. The maximum Gasteiger partial charge on any atom is 0.227 e. The van der Waals surface area contributed by atoms with Crippen molar-refractivity contribution in [1.82, 2.24) is 0 Å². The molecule has 1 aliphatic rings. The lowest BCUT2D eigenvalue weighted by Crippen LogP contribution is -2.39. The summed E-state index contributed by atoms with van der Waals surface area (Å²) in [5.41, 5.74) is 0. The third-order valence-corrected chi connectivity index (χ3v) is 3.81. The maximum atomic E-state index is 10.7. The second-order valence-corrected chi connectivity index (χ2v) is 4.86. The van der Waals surface area contributed by atoms with Gasteiger partial charge in [0.2, 0.25) is 6.04 Å². The molecule has 76 valence electrons. The highest BCUT2D eigenvalue weighted by atomic mass is 127. The van der Waals surface area contributed by atoms with E-state index in [2.05, 4.69) is 22.6 Å². The quantitative estimate of drug-likeness (QED) is 0.347. The van der Waals surface area contributed by atoms with Gasteiger partial charge in [0, 0.05) is 18.0 Å². The normalized spacial score (nSPS) is 34.5. The number of nitrogens with zero attached hydrogens (tertiary/aromatic N) is 1. The highest BCUT2D eigenvalue weighted by Crippen LogP contribution is 2.28. The van der Waals surface area contributed by atoms with Crippen LogP contribution in [0.5, 0.6) is 0 Å². The molecule has 0 aromatic carbocycles. The van der Waals surface area contributed by atoms with Crippen molar-refractivity contribution < 1.29 is 9.66 Å². The number of rotatable bonds is 3. The van der Waals surface area contributed by atoms with E-state index in [1.54, 1.807) is 0 Å². The first-order valence-corrected chi connectivity index (χ1v) is 5.79. The summed E-state index contributed by atoms with van der Waals surface area (Å²) < 4.78 is 5.57. The van der Waals surface area contributed by atoms with Crippen LogP contribution >= 0.6 is 22.6 Å². The van der Waals surface area contributed by atoms with Gasteiger partial charge < -0.3 is 4.74 Å². The third kappa shape index (κ3) is 3.05. The molecule has 0 amide bonds. The lowest BCUT2D eigenvalue weighted by Gasteiger charge is -2.27. The molecule has 0 heterocycles. The predicted octanol–water partition coefficient (Wildman–Crippen LogP) is 2.02. The summed E-state index contributed by atoms with van der Waals surface area (Å²) in [5, 5.41) is 10.7. The lowest BCUT2D eigenvalue weighted by molar-refractivity contribution is -0.525. The van der Waals surface area contributed by atoms with Crippen LogP contribution in [0.25, 0.3) is 0 Å². The van der Waals surface area contributed by atoms with Crippen molar-refractivity contribution in [3.05, 3.63) is 10.1 Å². The van der Waals surface area contributed by atoms with Crippen LogP contribution < -0.4 is 0 Å². The maximum absolute atomic E-state index is 10.7. The zero-order valence-electron chi connectivity index (χ0n) is 7.61. The molecule has 0 aromatic heterocycles. The monoisotopic (exact) mass is 299 g/mol. The number of nitro groups is 1. The van der Waals surface area contributed by atoms with E-state index in [1.165, 1.54) is 0 Å². The van der Waals surface area contributed by atoms with Crippen molar-refractivity contribution >= 4 is 22.6 Å². The first-order chi connectivity index (χ1) is 6.15. The zero-order valence-corrected chi connectivity index (χ0v) is 9.77. The van der Waals surface area contributed by atoms with E-state index in [0.717, 1.165) is 12.8 Å². The number of alkyl halides is 1. The topological polar surface area (TPSA) is 52.4 Å². The molecule has 0 aromatic rings. The summed E-state index contributed by atoms with van der Waals surface area (Å²) in [6.07, 6.45) is 2.54. The van der Waals surface area contributed by atoms with Crippen molar-refractivity contribution in [3.8, 4) is 0 Å². The van der Waals surface area contributed by atoms with E-state index in [-0.39, 0.29) is 15.0 Å². The highest BCUT2D eigenvalue weighted by Gasteiger charge is 2.36. The van der Waals surface area contributed by atoms with Gasteiger partial charge in [-0.1, -0.05) is 22.6 Å². The summed E-state index contributed by atoms with van der Waals surface area (Å²) in [4.78, 5) is 10.5. The molecule has 0 radical (unpaired) electrons. The standard InChI is InChI=1S/C8H14INO3/c1-2-13-6-3-4-7(9)8(5-6)10(11)12/h6-8H,2-5H2,1H3. The van der Waals surface area contributed by atoms with Gasteiger partial charge in [0.25, 0.3) is 0 Å². The number of ether oxygens (including phenoxy) is 1. The Hall–Kier alpha value is 0.0900. The second-order valence-electron chi connectivity index (χ2n) is 3.26. The van der Waals surface area contributed by atoms with Gasteiger partial charge in [0.15, 0.2) is 0 Å². The Morgan fingerprint density at radius 1 is 1.62 bits per heavy atom. The molecule has 13 heavy (non-hydrogen) atoms. The molecule has 0 N–H and O–H groups in total. The van der Waals surface area contributed by atoms with Gasteiger partial charge in [-0.2, -0.15) is 0 Å². The zero-order chi connectivity index (χ0) is 9.84. The molecular weight excluding hydrogens is 285 g/mol. The minimum Gasteiger partial charge on any atom is -0.378 e. The third-order valence-electron chi connectivity index (χ3n) is 2.36. The molecule has 1 rings (SSSR count). The molecule has 1 fully saturated rings. The first kappa shape index (κ1) is 11.2. The molecule has 0 bridgehead atoms. The molecule has 0 spiro atoms. The van der Waals surface area contributed by atoms with Gasteiger partial charge in [-0.05, 0) is 19.8 Å². The van der Waals surface area contributed by atoms with Crippen molar-refractivity contribution in [3.63, 3.8) is 0 Å². The van der Waals surface area contributed by atoms with Crippen molar-refractivity contribution in [2.75, 3.05) is 6.61 Å². The van der Waals surface area contributed by atoms with E-state index in [0.29, 0.717) is 13.0 Å². The van der Waals surface area contributed by atoms with E-state index >= 15 is 0 Å². The Morgan fingerprint density at radius 2 is 2.31 bits per heavy atom. The average Bonchev–Trinajstić information content (AvgIpc) is 2.08. The summed E-state index contributed by atoms with van der Waals surface area (Å²) in [6, 6.07) is -0.411. The molecule has 3 unspecified atom stereocenters. The first-order valence-electron chi connectivity index (χ1n) is 4.54. The smallest absolute Gasteiger partial charge is 0.227 e. The largest absolute Gasteiger partial charge is 0.378 e. The van der Waals surface area contributed by atoms with Gasteiger partial charge in [-0.15, -0.1) is 0 Å². The van der Waals surface area contributed by atoms with Crippen LogP contribution in [0.15, 0.2) is 0 Å². The lowest BCUT2D eigenvalue weighted by atomic mass is 9.93. The van der Waals surface area contributed by atoms with E-state index in [1.807, 2.05) is 6.92 Å². The predicted molar refractivity (Wildman–Crippen MR) is 57.9 cm³/mol. The number of hydrogen-bond donors (Lipinski definition) is 0. The van der Waals surface area contributed by atoms with E-state index in [9.17, 15) is 10.1 Å². The Kier molecular flexibility index (Phi) is 4.37. The highest BCUT2D eigenvalue weighted by molar-refractivity contribution is 14.1. The van der Waals surface area contributed by atoms with E-state index in [4.69, 9.17) is 4.74 Å². The van der Waals surface area contributed by atoms with Gasteiger partial charge in [-0.25, -0.2) is 0 Å². The minimum absolute atomic E-state index is 0.103. The van der Waals surface area contributed by atoms with Crippen LogP contribution in [-0.4, -0.2) is 27.6 Å². The van der Waals surface area contributed by atoms with Crippen molar-refractivity contribution in [2.24, 2.45) is 0 Å². The summed E-state index contributed by atoms with van der Waals surface area (Å²) in [6.45, 7) is 2.58. The summed E-state index contributed by atoms with van der Waals surface area (Å²) in [7, 11) is 0. The molecule has 5 heteroatoms. The molecular formula is C8H14INO3. The molecule has 1 aliphatic carbocycles. The Labute approximate surface area is 91.3 Å². The Balaban J connectivity index is 2.47. The molecule has 0 saturated heterocycles. The molecule has 4 nitrogen and oxygen atoms in total. The average molecular weight is 299 g/mol. The van der Waals surface area contributed by atoms with Crippen molar-refractivity contribution in [1.29, 1.82) is 0 Å². The van der Waals surface area contributed by atoms with Crippen LogP contribution in [0.3, 0.4) is 0 Å². The summed E-state index contributed by atoms with van der Waals surface area (Å²) in [5.74, 6) is 0. The van der Waals surface area contributed by atoms with Crippen LogP contribution in [-0.2, 0) is 4.74 Å². The number of halogens is 1. The van der Waals surface area contributed by atoms with E-state index < -0.39 is 6.04 Å². The fourth-order valence-electron chi connectivity index (χ4n) is 1.68. The SMILES string of the molecule is CCOC1CCC(I)C([N+](=O)[O-])C1. The van der Waals surface area contributed by atoms with Crippen LogP contribution in [0.1, 0.15) is 26.2 Å². The minimum atomic E-state index is -0.411. The number of hydrogen-bond acceptors (Lipinski definition) is 3. The Bertz CT molecular complexity index is 188.